The zero-order valence-corrected chi connectivity index (χ0v) is 13.2. The largest absolute Gasteiger partial charge is 0.341 e. The van der Waals surface area contributed by atoms with Crippen molar-refractivity contribution >= 4 is 23.6 Å². The highest BCUT2D eigenvalue weighted by Crippen LogP contribution is 2.40. The van der Waals surface area contributed by atoms with Gasteiger partial charge in [-0.1, -0.05) is 43.0 Å². The maximum absolute atomic E-state index is 12.3. The molecule has 2 atom stereocenters. The number of nitrogens with one attached hydrogen (secondary N) is 1. The maximum Gasteiger partial charge on any atom is 0.253 e. The van der Waals surface area contributed by atoms with Crippen LogP contribution in [0.15, 0.2) is 54.3 Å². The van der Waals surface area contributed by atoms with E-state index in [1.165, 1.54) is 0 Å². The number of carbonyl (C=O) groups excluding carboxylic acids is 2. The first kappa shape index (κ1) is 14.9. The Morgan fingerprint density at radius 1 is 1.45 bits per heavy atom. The second-order valence-corrected chi connectivity index (χ2v) is 6.54. The summed E-state index contributed by atoms with van der Waals surface area (Å²) in [5.74, 6) is 0.686. The molecule has 1 aromatic carbocycles. The fraction of sp³-hybridized carbons (Fsp3) is 0.294. The highest BCUT2D eigenvalue weighted by atomic mass is 32.2. The zero-order valence-electron chi connectivity index (χ0n) is 12.4. The molecule has 0 saturated carbocycles. The number of hydrogen-bond donors (Lipinski definition) is 1. The van der Waals surface area contributed by atoms with Gasteiger partial charge < -0.3 is 5.32 Å². The minimum atomic E-state index is -0.414. The van der Waals surface area contributed by atoms with Crippen LogP contribution in [-0.4, -0.2) is 33.9 Å². The summed E-state index contributed by atoms with van der Waals surface area (Å²) < 4.78 is 0. The van der Waals surface area contributed by atoms with E-state index in [1.807, 2.05) is 37.3 Å². The minimum absolute atomic E-state index is 0.0101. The molecular weight excluding hydrogens is 296 g/mol. The summed E-state index contributed by atoms with van der Waals surface area (Å²) in [5.41, 5.74) is 2.99. The molecule has 1 fully saturated rings. The Hall–Kier alpha value is -2.01. The van der Waals surface area contributed by atoms with Gasteiger partial charge in [0.15, 0.2) is 0 Å². The van der Waals surface area contributed by atoms with Crippen LogP contribution in [0.5, 0.6) is 0 Å². The molecule has 2 heterocycles. The van der Waals surface area contributed by atoms with Crippen LogP contribution in [0.1, 0.15) is 12.5 Å². The van der Waals surface area contributed by atoms with Crippen LogP contribution >= 0.6 is 11.8 Å². The first-order chi connectivity index (χ1) is 10.6. The Morgan fingerprint density at radius 3 is 2.86 bits per heavy atom. The first-order valence-electron chi connectivity index (χ1n) is 7.22. The van der Waals surface area contributed by atoms with E-state index in [2.05, 4.69) is 11.9 Å². The summed E-state index contributed by atoms with van der Waals surface area (Å²) in [4.78, 5) is 26.2. The van der Waals surface area contributed by atoms with Gasteiger partial charge in [0.05, 0.1) is 6.42 Å². The molecule has 1 N–H and O–H groups in total. The first-order valence-corrected chi connectivity index (χ1v) is 8.27. The molecule has 3 rings (SSSR count). The lowest BCUT2D eigenvalue weighted by Crippen LogP contribution is -2.69. The lowest BCUT2D eigenvalue weighted by atomic mass is 10.0. The van der Waals surface area contributed by atoms with E-state index in [0.717, 1.165) is 22.6 Å². The number of amides is 2. The third kappa shape index (κ3) is 2.57. The number of carbonyl (C=O) groups is 2. The molecular formula is C17H18N2O2S. The minimum Gasteiger partial charge on any atom is -0.341 e. The summed E-state index contributed by atoms with van der Waals surface area (Å²) >= 11 is 1.67. The summed E-state index contributed by atoms with van der Waals surface area (Å²) in [6.07, 6.45) is 2.10. The molecule has 114 valence electrons. The van der Waals surface area contributed by atoms with Gasteiger partial charge >= 0.3 is 0 Å². The molecule has 2 aliphatic heterocycles. The Labute approximate surface area is 134 Å². The molecule has 22 heavy (non-hydrogen) atoms. The molecule has 2 unspecified atom stereocenters. The van der Waals surface area contributed by atoms with Crippen LogP contribution in [0.4, 0.5) is 0 Å². The van der Waals surface area contributed by atoms with E-state index in [-0.39, 0.29) is 17.2 Å². The van der Waals surface area contributed by atoms with Crippen LogP contribution in [0.25, 0.3) is 0 Å². The number of fused-ring (bicyclic) bond motifs is 1. The van der Waals surface area contributed by atoms with Gasteiger partial charge in [0.1, 0.15) is 11.4 Å². The molecule has 2 amide bonds. The third-order valence-corrected chi connectivity index (χ3v) is 5.35. The SMILES string of the molecule is C=CC1=C(C)N2C(=O)C(NC(=O)Cc3ccccc3)C2SC1. The second kappa shape index (κ2) is 6.01. The van der Waals surface area contributed by atoms with Crippen molar-refractivity contribution in [3.05, 3.63) is 59.8 Å². The second-order valence-electron chi connectivity index (χ2n) is 5.43. The summed E-state index contributed by atoms with van der Waals surface area (Å²) in [6, 6.07) is 9.13. The number of allylic oxidation sites excluding steroid dienone is 2. The molecule has 1 aromatic rings. The highest BCUT2D eigenvalue weighted by Gasteiger charge is 2.51. The van der Waals surface area contributed by atoms with Crippen LogP contribution in [-0.2, 0) is 16.0 Å². The predicted molar refractivity (Wildman–Crippen MR) is 88.1 cm³/mol. The van der Waals surface area contributed by atoms with Gasteiger partial charge in [-0.15, -0.1) is 11.8 Å². The lowest BCUT2D eigenvalue weighted by Gasteiger charge is -2.49. The van der Waals surface area contributed by atoms with Gasteiger partial charge in [-0.05, 0) is 18.1 Å². The fourth-order valence-corrected chi connectivity index (χ4v) is 4.24. The van der Waals surface area contributed by atoms with Crippen molar-refractivity contribution in [1.29, 1.82) is 0 Å². The Kier molecular flexibility index (Phi) is 4.07. The van der Waals surface area contributed by atoms with E-state index in [4.69, 9.17) is 0 Å². The predicted octanol–water partition coefficient (Wildman–Crippen LogP) is 2.09. The molecule has 1 saturated heterocycles. The molecule has 0 radical (unpaired) electrons. The van der Waals surface area contributed by atoms with Crippen molar-refractivity contribution in [2.24, 2.45) is 0 Å². The Morgan fingerprint density at radius 2 is 2.18 bits per heavy atom. The van der Waals surface area contributed by atoms with Gasteiger partial charge in [0.2, 0.25) is 5.91 Å². The molecule has 0 bridgehead atoms. The smallest absolute Gasteiger partial charge is 0.253 e. The van der Waals surface area contributed by atoms with E-state index in [9.17, 15) is 9.59 Å². The molecule has 4 nitrogen and oxygen atoms in total. The number of thioether (sulfide) groups is 1. The van der Waals surface area contributed by atoms with Crippen LogP contribution in [0.2, 0.25) is 0 Å². The molecule has 5 heteroatoms. The summed E-state index contributed by atoms with van der Waals surface area (Å²) in [6.45, 7) is 5.71. The zero-order chi connectivity index (χ0) is 15.7. The molecule has 0 aliphatic carbocycles. The van der Waals surface area contributed by atoms with Gasteiger partial charge in [-0.25, -0.2) is 0 Å². The Balaban J connectivity index is 1.64. The van der Waals surface area contributed by atoms with Crippen molar-refractivity contribution in [3.63, 3.8) is 0 Å². The van der Waals surface area contributed by atoms with Crippen molar-refractivity contribution in [2.75, 3.05) is 5.75 Å². The highest BCUT2D eigenvalue weighted by molar-refractivity contribution is 8.00. The molecule has 0 spiro atoms. The van der Waals surface area contributed by atoms with Crippen molar-refractivity contribution in [1.82, 2.24) is 10.2 Å². The topological polar surface area (TPSA) is 49.4 Å². The number of benzene rings is 1. The van der Waals surface area contributed by atoms with E-state index >= 15 is 0 Å². The van der Waals surface area contributed by atoms with Crippen LogP contribution in [0.3, 0.4) is 0 Å². The van der Waals surface area contributed by atoms with Crippen molar-refractivity contribution < 1.29 is 9.59 Å². The fourth-order valence-electron chi connectivity index (χ4n) is 2.77. The standard InChI is InChI=1S/C17H18N2O2S/c1-3-13-10-22-17-15(16(21)19(17)11(13)2)18-14(20)9-12-7-5-4-6-8-12/h3-8,15,17H,1,9-10H2,2H3,(H,18,20). The Bertz CT molecular complexity index is 654. The lowest BCUT2D eigenvalue weighted by molar-refractivity contribution is -0.145. The normalized spacial score (nSPS) is 23.7. The summed E-state index contributed by atoms with van der Waals surface area (Å²) in [7, 11) is 0. The monoisotopic (exact) mass is 314 g/mol. The van der Waals surface area contributed by atoms with Gasteiger partial charge in [-0.3, -0.25) is 14.5 Å². The van der Waals surface area contributed by atoms with Crippen molar-refractivity contribution in [2.45, 2.75) is 24.8 Å². The number of nitrogens with zero attached hydrogens (tertiary/aromatic N) is 1. The van der Waals surface area contributed by atoms with E-state index < -0.39 is 6.04 Å². The van der Waals surface area contributed by atoms with Crippen LogP contribution < -0.4 is 5.32 Å². The quantitative estimate of drug-likeness (QED) is 0.866. The maximum atomic E-state index is 12.3. The molecule has 0 aromatic heterocycles. The van der Waals surface area contributed by atoms with Crippen molar-refractivity contribution in [3.8, 4) is 0 Å². The van der Waals surface area contributed by atoms with Crippen LogP contribution in [0, 0.1) is 0 Å². The summed E-state index contributed by atoms with van der Waals surface area (Å²) in [5, 5.41) is 2.88. The number of rotatable bonds is 4. The van der Waals surface area contributed by atoms with E-state index in [0.29, 0.717) is 6.42 Å². The third-order valence-electron chi connectivity index (χ3n) is 4.05. The average molecular weight is 314 g/mol. The molecule has 2 aliphatic rings. The average Bonchev–Trinajstić information content (AvgIpc) is 2.53. The van der Waals surface area contributed by atoms with E-state index in [1.54, 1.807) is 22.7 Å². The van der Waals surface area contributed by atoms with Gasteiger partial charge in [0, 0.05) is 11.4 Å². The van der Waals surface area contributed by atoms with Gasteiger partial charge in [-0.2, -0.15) is 0 Å². The number of hydrogen-bond acceptors (Lipinski definition) is 3. The van der Waals surface area contributed by atoms with Gasteiger partial charge in [0.25, 0.3) is 5.91 Å². The number of β-lactam (4-membered cyclic amide) rings is 1.